The zero-order valence-electron chi connectivity index (χ0n) is 19.1. The summed E-state index contributed by atoms with van der Waals surface area (Å²) in [6, 6.07) is 3.30. The van der Waals surface area contributed by atoms with Crippen LogP contribution in [0.15, 0.2) is 23.3 Å². The average Bonchev–Trinajstić information content (AvgIpc) is 3.11. The number of nitrogens with zero attached hydrogens (tertiary/aromatic N) is 3. The van der Waals surface area contributed by atoms with E-state index in [-0.39, 0.29) is 29.8 Å². The van der Waals surface area contributed by atoms with Crippen LogP contribution in [0.25, 0.3) is 11.3 Å². The predicted octanol–water partition coefficient (Wildman–Crippen LogP) is 5.44. The Hall–Kier alpha value is -2.09. The van der Waals surface area contributed by atoms with E-state index in [2.05, 4.69) is 29.1 Å². The van der Waals surface area contributed by atoms with E-state index in [0.717, 1.165) is 37.0 Å². The minimum Gasteiger partial charge on any atom is -0.389 e. The Balaban J connectivity index is 1.54. The maximum Gasteiger partial charge on any atom is 0.223 e. The van der Waals surface area contributed by atoms with E-state index >= 15 is 4.39 Å². The minimum absolute atomic E-state index is 0.203. The molecule has 33 heavy (non-hydrogen) atoms. The third-order valence-electron chi connectivity index (χ3n) is 7.21. The third-order valence-corrected chi connectivity index (χ3v) is 7.49. The number of fused-ring (bicyclic) bond motifs is 2. The molecule has 2 N–H and O–H groups in total. The molecule has 8 heteroatoms. The number of halogens is 2. The summed E-state index contributed by atoms with van der Waals surface area (Å²) < 4.78 is 20.7. The van der Waals surface area contributed by atoms with Gasteiger partial charge in [0.15, 0.2) is 0 Å². The van der Waals surface area contributed by atoms with Crippen molar-refractivity contribution in [3.63, 3.8) is 0 Å². The number of anilines is 1. The monoisotopic (exact) mass is 472 g/mol. The number of ether oxygens (including phenoxy) is 1. The zero-order chi connectivity index (χ0) is 23.2. The number of nitrogens with one attached hydrogen (secondary N) is 1. The zero-order valence-corrected chi connectivity index (χ0v) is 19.8. The Morgan fingerprint density at radius 2 is 2.03 bits per heavy atom. The highest BCUT2D eigenvalue weighted by atomic mass is 35.5. The smallest absolute Gasteiger partial charge is 0.223 e. The van der Waals surface area contributed by atoms with Crippen molar-refractivity contribution in [1.82, 2.24) is 9.97 Å². The van der Waals surface area contributed by atoms with Gasteiger partial charge in [0.2, 0.25) is 5.95 Å². The molecule has 0 unspecified atom stereocenters. The van der Waals surface area contributed by atoms with Crippen LogP contribution in [-0.2, 0) is 10.2 Å². The van der Waals surface area contributed by atoms with Gasteiger partial charge in [0.05, 0.1) is 35.7 Å². The van der Waals surface area contributed by atoms with Crippen molar-refractivity contribution < 1.29 is 14.2 Å². The highest BCUT2D eigenvalue weighted by Crippen LogP contribution is 2.52. The van der Waals surface area contributed by atoms with Crippen molar-refractivity contribution >= 4 is 28.9 Å². The van der Waals surface area contributed by atoms with Gasteiger partial charge in [0.1, 0.15) is 11.5 Å². The van der Waals surface area contributed by atoms with Crippen LogP contribution in [0.3, 0.4) is 0 Å². The fourth-order valence-electron chi connectivity index (χ4n) is 5.64. The molecule has 1 saturated carbocycles. The van der Waals surface area contributed by atoms with Gasteiger partial charge in [-0.25, -0.2) is 14.4 Å². The molecule has 0 amide bonds. The van der Waals surface area contributed by atoms with Crippen LogP contribution in [0.5, 0.6) is 0 Å². The number of hydrogen-bond donors (Lipinski definition) is 2. The van der Waals surface area contributed by atoms with E-state index in [1.807, 2.05) is 6.07 Å². The first kappa shape index (κ1) is 22.7. The number of aliphatic hydroxyl groups excluding tert-OH is 1. The molecule has 2 aromatic rings. The number of hydrogen-bond acceptors (Lipinski definition) is 6. The lowest BCUT2D eigenvalue weighted by atomic mass is 9.65. The van der Waals surface area contributed by atoms with E-state index in [1.165, 1.54) is 18.7 Å². The van der Waals surface area contributed by atoms with Crippen molar-refractivity contribution in [2.75, 3.05) is 18.5 Å². The van der Waals surface area contributed by atoms with Gasteiger partial charge in [-0.2, -0.15) is 0 Å². The molecule has 176 valence electrons. The average molecular weight is 473 g/mol. The van der Waals surface area contributed by atoms with Crippen molar-refractivity contribution in [2.45, 2.75) is 69.9 Å². The third kappa shape index (κ3) is 4.04. The van der Waals surface area contributed by atoms with E-state index in [9.17, 15) is 5.11 Å². The molecular weight excluding hydrogens is 443 g/mol. The summed E-state index contributed by atoms with van der Waals surface area (Å²) in [4.78, 5) is 13.7. The Labute approximate surface area is 198 Å². The van der Waals surface area contributed by atoms with Gasteiger partial charge in [0.25, 0.3) is 0 Å². The lowest BCUT2D eigenvalue weighted by Gasteiger charge is -2.37. The number of rotatable bonds is 4. The minimum atomic E-state index is -0.642. The van der Waals surface area contributed by atoms with Crippen LogP contribution in [0.2, 0.25) is 5.02 Å². The second-order valence-electron chi connectivity index (χ2n) is 9.72. The van der Waals surface area contributed by atoms with E-state index in [0.29, 0.717) is 40.9 Å². The van der Waals surface area contributed by atoms with Crippen molar-refractivity contribution in [2.24, 2.45) is 10.9 Å². The second-order valence-corrected chi connectivity index (χ2v) is 10.1. The van der Waals surface area contributed by atoms with Crippen LogP contribution in [0, 0.1) is 11.7 Å². The number of benzene rings is 1. The molecule has 2 aliphatic heterocycles. The van der Waals surface area contributed by atoms with Crippen LogP contribution in [0.1, 0.15) is 57.9 Å². The molecule has 1 aromatic heterocycles. The molecule has 2 atom stereocenters. The number of aliphatic imine (C=N–C) groups is 1. The highest BCUT2D eigenvalue weighted by Gasteiger charge is 2.46. The molecule has 1 saturated heterocycles. The Bertz CT molecular complexity index is 1080. The van der Waals surface area contributed by atoms with E-state index < -0.39 is 6.10 Å². The summed E-state index contributed by atoms with van der Waals surface area (Å²) in [6.07, 6.45) is 6.95. The standard InChI is InChI=1S/C25H30ClFN4O2/c1-14(2)23-25(7-4-3-5-8-25)16-10-15(11-18(27)22(16)30-23)21-17(26)12-28-24(31-21)29-19-6-9-33-13-20(19)32/h10-12,14,19-20,32H,3-9,13H2,1-2H3,(H,28,29,31)/t19-,20-/m1/s1. The lowest BCUT2D eigenvalue weighted by molar-refractivity contribution is -0.0136. The molecule has 0 bridgehead atoms. The first-order valence-corrected chi connectivity index (χ1v) is 12.3. The molecule has 1 aromatic carbocycles. The van der Waals surface area contributed by atoms with Gasteiger partial charge in [-0.05, 0) is 42.9 Å². The molecule has 2 fully saturated rings. The summed E-state index contributed by atoms with van der Waals surface area (Å²) in [5.41, 5.74) is 3.42. The van der Waals surface area contributed by atoms with Crippen molar-refractivity contribution in [3.05, 3.63) is 34.7 Å². The fourth-order valence-corrected chi connectivity index (χ4v) is 5.84. The number of aromatic nitrogens is 2. The van der Waals surface area contributed by atoms with E-state index in [4.69, 9.17) is 21.3 Å². The van der Waals surface area contributed by atoms with Gasteiger partial charge in [-0.3, -0.25) is 4.99 Å². The van der Waals surface area contributed by atoms with Gasteiger partial charge >= 0.3 is 0 Å². The Morgan fingerprint density at radius 1 is 1.24 bits per heavy atom. The largest absolute Gasteiger partial charge is 0.389 e. The Morgan fingerprint density at radius 3 is 2.76 bits per heavy atom. The van der Waals surface area contributed by atoms with Crippen LogP contribution in [0.4, 0.5) is 16.0 Å². The quantitative estimate of drug-likeness (QED) is 0.619. The molecule has 3 aliphatic rings. The predicted molar refractivity (Wildman–Crippen MR) is 128 cm³/mol. The molecule has 1 aliphatic carbocycles. The SMILES string of the molecule is CC(C)C1=Nc2c(F)cc(-c3nc(N[C@@H]4CCOC[C@H]4O)ncc3Cl)cc2C12CCCCC2. The lowest BCUT2D eigenvalue weighted by Crippen LogP contribution is -2.42. The summed E-state index contributed by atoms with van der Waals surface area (Å²) in [5, 5.41) is 13.7. The normalized spacial score (nSPS) is 24.1. The van der Waals surface area contributed by atoms with Gasteiger partial charge in [-0.1, -0.05) is 44.7 Å². The molecule has 0 radical (unpaired) electrons. The molecule has 5 rings (SSSR count). The summed E-state index contributed by atoms with van der Waals surface area (Å²) >= 11 is 6.49. The van der Waals surface area contributed by atoms with Crippen molar-refractivity contribution in [3.8, 4) is 11.3 Å². The highest BCUT2D eigenvalue weighted by molar-refractivity contribution is 6.33. The first-order chi connectivity index (χ1) is 15.9. The molecule has 3 heterocycles. The molecule has 6 nitrogen and oxygen atoms in total. The Kier molecular flexibility index (Phi) is 6.14. The fraction of sp³-hybridized carbons (Fsp3) is 0.560. The maximum absolute atomic E-state index is 15.4. The van der Waals surface area contributed by atoms with Gasteiger partial charge < -0.3 is 15.2 Å². The van der Waals surface area contributed by atoms with Crippen LogP contribution >= 0.6 is 11.6 Å². The van der Waals surface area contributed by atoms with Crippen LogP contribution < -0.4 is 5.32 Å². The summed E-state index contributed by atoms with van der Waals surface area (Å²) in [5.74, 6) is 0.266. The topological polar surface area (TPSA) is 79.6 Å². The molecular formula is C25H30ClFN4O2. The van der Waals surface area contributed by atoms with Gasteiger partial charge in [0, 0.05) is 23.3 Å². The summed E-state index contributed by atoms with van der Waals surface area (Å²) in [7, 11) is 0. The van der Waals surface area contributed by atoms with Crippen molar-refractivity contribution in [1.29, 1.82) is 0 Å². The van der Waals surface area contributed by atoms with E-state index in [1.54, 1.807) is 0 Å². The molecule has 1 spiro atoms. The van der Waals surface area contributed by atoms with Crippen LogP contribution in [-0.4, -0.2) is 46.1 Å². The second kappa shape index (κ2) is 8.93. The maximum atomic E-state index is 15.4. The number of aliphatic hydroxyl groups is 1. The summed E-state index contributed by atoms with van der Waals surface area (Å²) in [6.45, 7) is 5.12. The first-order valence-electron chi connectivity index (χ1n) is 11.9. The van der Waals surface area contributed by atoms with Gasteiger partial charge in [-0.15, -0.1) is 0 Å².